The van der Waals surface area contributed by atoms with Crippen molar-refractivity contribution in [1.29, 1.82) is 0 Å². The second kappa shape index (κ2) is 9.97. The molecule has 0 spiro atoms. The van der Waals surface area contributed by atoms with Crippen LogP contribution in [0.4, 0.5) is 5.69 Å². The fraction of sp³-hybridized carbons (Fsp3) is 0.300. The maximum atomic E-state index is 12.8. The monoisotopic (exact) mass is 497 g/mol. The van der Waals surface area contributed by atoms with E-state index in [0.717, 1.165) is 0 Å². The quantitative estimate of drug-likeness (QED) is 0.521. The molecular weight excluding hydrogens is 474 g/mol. The summed E-state index contributed by atoms with van der Waals surface area (Å²) in [5.41, 5.74) is 0.785. The Morgan fingerprint density at radius 1 is 1.03 bits per heavy atom. The number of nitrogens with one attached hydrogen (secondary N) is 1. The van der Waals surface area contributed by atoms with E-state index < -0.39 is 38.5 Å². The summed E-state index contributed by atoms with van der Waals surface area (Å²) < 4.78 is 59.7. The third kappa shape index (κ3) is 6.15. The van der Waals surface area contributed by atoms with E-state index >= 15 is 0 Å². The molecule has 3 rings (SSSR count). The lowest BCUT2D eigenvalue weighted by Crippen LogP contribution is -2.40. The van der Waals surface area contributed by atoms with E-state index in [0.29, 0.717) is 18.8 Å². The van der Waals surface area contributed by atoms with Crippen molar-refractivity contribution in [3.63, 3.8) is 0 Å². The normalized spacial score (nSPS) is 15.1. The number of nitrogens with two attached hydrogens (primary N) is 1. The first kappa shape index (κ1) is 24.8. The molecule has 1 amide bonds. The van der Waals surface area contributed by atoms with E-state index in [2.05, 4.69) is 5.32 Å². The van der Waals surface area contributed by atoms with Crippen LogP contribution in [0.3, 0.4) is 0 Å². The van der Waals surface area contributed by atoms with Crippen LogP contribution in [0.5, 0.6) is 0 Å². The summed E-state index contributed by atoms with van der Waals surface area (Å²) in [6, 6.07) is 9.26. The molecule has 0 unspecified atom stereocenters. The van der Waals surface area contributed by atoms with Gasteiger partial charge >= 0.3 is 5.97 Å². The van der Waals surface area contributed by atoms with E-state index in [-0.39, 0.29) is 34.1 Å². The number of sulfonamides is 2. The number of hydrogen-bond acceptors (Lipinski definition) is 8. The zero-order valence-electron chi connectivity index (χ0n) is 17.7. The van der Waals surface area contributed by atoms with Crippen LogP contribution in [0, 0.1) is 6.92 Å². The van der Waals surface area contributed by atoms with Gasteiger partial charge in [0.25, 0.3) is 5.91 Å². The van der Waals surface area contributed by atoms with Gasteiger partial charge in [-0.2, -0.15) is 4.31 Å². The Kier molecular flexibility index (Phi) is 7.49. The molecule has 11 nitrogen and oxygen atoms in total. The number of primary sulfonamides is 1. The second-order valence-corrected chi connectivity index (χ2v) is 10.7. The molecule has 1 aliphatic rings. The minimum absolute atomic E-state index is 0.0228. The highest BCUT2D eigenvalue weighted by Crippen LogP contribution is 2.21. The molecule has 1 aliphatic heterocycles. The van der Waals surface area contributed by atoms with Gasteiger partial charge in [-0.25, -0.2) is 26.8 Å². The number of rotatable bonds is 7. The van der Waals surface area contributed by atoms with E-state index in [1.165, 1.54) is 46.8 Å². The fourth-order valence-corrected chi connectivity index (χ4v) is 5.00. The molecule has 1 heterocycles. The molecular formula is C20H23N3O8S2. The Bertz CT molecular complexity index is 1250. The van der Waals surface area contributed by atoms with Gasteiger partial charge in [0.15, 0.2) is 6.61 Å². The molecule has 3 N–H and O–H groups in total. The van der Waals surface area contributed by atoms with Crippen LogP contribution in [-0.4, -0.2) is 65.9 Å². The lowest BCUT2D eigenvalue weighted by Gasteiger charge is -2.26. The molecule has 0 aromatic heterocycles. The third-order valence-corrected chi connectivity index (χ3v) is 7.66. The predicted octanol–water partition coefficient (Wildman–Crippen LogP) is 0.459. The molecule has 0 atom stereocenters. The lowest BCUT2D eigenvalue weighted by molar-refractivity contribution is -0.119. The Labute approximate surface area is 191 Å². The van der Waals surface area contributed by atoms with Crippen molar-refractivity contribution in [2.45, 2.75) is 16.7 Å². The number of amides is 1. The number of ether oxygens (including phenoxy) is 2. The average molecular weight is 498 g/mol. The molecule has 13 heteroatoms. The van der Waals surface area contributed by atoms with Crippen LogP contribution in [0.2, 0.25) is 0 Å². The highest BCUT2D eigenvalue weighted by molar-refractivity contribution is 7.89. The summed E-state index contributed by atoms with van der Waals surface area (Å²) >= 11 is 0. The summed E-state index contributed by atoms with van der Waals surface area (Å²) in [5.74, 6) is -1.52. The summed E-state index contributed by atoms with van der Waals surface area (Å²) in [6.07, 6.45) is 0. The molecule has 2 aromatic rings. The van der Waals surface area contributed by atoms with Crippen LogP contribution in [0.15, 0.2) is 52.3 Å². The number of aryl methyl sites for hydroxylation is 1. The molecule has 33 heavy (non-hydrogen) atoms. The Morgan fingerprint density at radius 2 is 1.64 bits per heavy atom. The van der Waals surface area contributed by atoms with Crippen molar-refractivity contribution < 1.29 is 35.9 Å². The number of esters is 1. The van der Waals surface area contributed by atoms with Crippen molar-refractivity contribution in [3.8, 4) is 0 Å². The van der Waals surface area contributed by atoms with Gasteiger partial charge in [0, 0.05) is 18.8 Å². The summed E-state index contributed by atoms with van der Waals surface area (Å²) in [5, 5.41) is 7.47. The molecule has 0 bridgehead atoms. The van der Waals surface area contributed by atoms with Gasteiger partial charge in [0.2, 0.25) is 20.0 Å². The maximum Gasteiger partial charge on any atom is 0.338 e. The number of carbonyl (C=O) groups is 2. The zero-order chi connectivity index (χ0) is 24.2. The van der Waals surface area contributed by atoms with Crippen molar-refractivity contribution in [1.82, 2.24) is 4.31 Å². The lowest BCUT2D eigenvalue weighted by atomic mass is 10.1. The largest absolute Gasteiger partial charge is 0.452 e. The van der Waals surface area contributed by atoms with Crippen LogP contribution in [0.25, 0.3) is 0 Å². The van der Waals surface area contributed by atoms with E-state index in [4.69, 9.17) is 14.6 Å². The first-order chi connectivity index (χ1) is 15.5. The van der Waals surface area contributed by atoms with Crippen molar-refractivity contribution >= 4 is 37.6 Å². The Hall–Kier alpha value is -2.84. The van der Waals surface area contributed by atoms with Gasteiger partial charge in [-0.1, -0.05) is 6.07 Å². The van der Waals surface area contributed by atoms with E-state index in [9.17, 15) is 26.4 Å². The van der Waals surface area contributed by atoms with Gasteiger partial charge in [-0.15, -0.1) is 0 Å². The highest BCUT2D eigenvalue weighted by atomic mass is 32.2. The number of morpholine rings is 1. The summed E-state index contributed by atoms with van der Waals surface area (Å²) in [7, 11) is -7.67. The molecule has 0 radical (unpaired) electrons. The zero-order valence-corrected chi connectivity index (χ0v) is 19.3. The Morgan fingerprint density at radius 3 is 2.24 bits per heavy atom. The van der Waals surface area contributed by atoms with Crippen molar-refractivity contribution in [2.24, 2.45) is 5.14 Å². The smallest absolute Gasteiger partial charge is 0.338 e. The second-order valence-electron chi connectivity index (χ2n) is 7.19. The molecule has 0 saturated carbocycles. The summed E-state index contributed by atoms with van der Waals surface area (Å²) in [6.45, 7) is 2.01. The minimum atomic E-state index is -3.86. The van der Waals surface area contributed by atoms with Gasteiger partial charge in [-0.05, 0) is 48.9 Å². The molecule has 0 aliphatic carbocycles. The molecule has 1 saturated heterocycles. The van der Waals surface area contributed by atoms with Crippen LogP contribution < -0.4 is 10.5 Å². The minimum Gasteiger partial charge on any atom is -0.452 e. The standard InChI is InChI=1S/C20H23N3O8S2/c1-14-2-5-17(33(28,29)23-8-10-30-11-9-23)12-18(14)20(25)31-13-19(24)22-15-3-6-16(7-4-15)32(21,26)27/h2-7,12H,8-11,13H2,1H3,(H,22,24)(H2,21,26,27). The van der Waals surface area contributed by atoms with Gasteiger partial charge in [0.05, 0.1) is 28.6 Å². The SMILES string of the molecule is Cc1ccc(S(=O)(=O)N2CCOCC2)cc1C(=O)OCC(=O)Nc1ccc(S(N)(=O)=O)cc1. The van der Waals surface area contributed by atoms with Crippen molar-refractivity contribution in [3.05, 3.63) is 53.6 Å². The first-order valence-electron chi connectivity index (χ1n) is 9.77. The number of benzene rings is 2. The molecule has 178 valence electrons. The summed E-state index contributed by atoms with van der Waals surface area (Å²) in [4.78, 5) is 24.5. The van der Waals surface area contributed by atoms with E-state index in [1.807, 2.05) is 0 Å². The number of hydrogen-bond donors (Lipinski definition) is 2. The number of carbonyl (C=O) groups excluding carboxylic acids is 2. The molecule has 2 aromatic carbocycles. The third-order valence-electron chi connectivity index (χ3n) is 4.84. The fourth-order valence-electron chi connectivity index (χ4n) is 3.05. The van der Waals surface area contributed by atoms with Gasteiger partial charge in [0.1, 0.15) is 0 Å². The molecule has 1 fully saturated rings. The van der Waals surface area contributed by atoms with Gasteiger partial charge in [-0.3, -0.25) is 4.79 Å². The number of nitrogens with zero attached hydrogens (tertiary/aromatic N) is 1. The van der Waals surface area contributed by atoms with Crippen molar-refractivity contribution in [2.75, 3.05) is 38.2 Å². The van der Waals surface area contributed by atoms with Crippen LogP contribution >= 0.6 is 0 Å². The topological polar surface area (TPSA) is 162 Å². The predicted molar refractivity (Wildman–Crippen MR) is 117 cm³/mol. The highest BCUT2D eigenvalue weighted by Gasteiger charge is 2.27. The maximum absolute atomic E-state index is 12.8. The average Bonchev–Trinajstić information content (AvgIpc) is 2.78. The van der Waals surface area contributed by atoms with Crippen LogP contribution in [0.1, 0.15) is 15.9 Å². The van der Waals surface area contributed by atoms with E-state index in [1.54, 1.807) is 6.92 Å². The number of anilines is 1. The Balaban J connectivity index is 1.65. The first-order valence-corrected chi connectivity index (χ1v) is 12.8. The van der Waals surface area contributed by atoms with Gasteiger partial charge < -0.3 is 14.8 Å². The van der Waals surface area contributed by atoms with Crippen LogP contribution in [-0.2, 0) is 34.3 Å².